The first-order chi connectivity index (χ1) is 14.5. The van der Waals surface area contributed by atoms with Gasteiger partial charge in [0, 0.05) is 23.9 Å². The lowest BCUT2D eigenvalue weighted by Gasteiger charge is -2.32. The van der Waals surface area contributed by atoms with Gasteiger partial charge < -0.3 is 14.4 Å². The number of pyridine rings is 1. The lowest BCUT2D eigenvalue weighted by Crippen LogP contribution is -2.40. The van der Waals surface area contributed by atoms with E-state index in [1.165, 1.54) is 6.42 Å². The molecule has 3 aromatic rings. The van der Waals surface area contributed by atoms with Crippen LogP contribution in [0.3, 0.4) is 0 Å². The van der Waals surface area contributed by atoms with Crippen LogP contribution in [0.2, 0.25) is 5.02 Å². The van der Waals surface area contributed by atoms with Gasteiger partial charge in [0.05, 0.1) is 10.5 Å². The Morgan fingerprint density at radius 3 is 2.80 bits per heavy atom. The van der Waals surface area contributed by atoms with Gasteiger partial charge in [-0.1, -0.05) is 29.2 Å². The number of nitrogens with zero attached hydrogens (tertiary/aromatic N) is 2. The van der Waals surface area contributed by atoms with E-state index in [2.05, 4.69) is 10.5 Å². The highest BCUT2D eigenvalue weighted by Crippen LogP contribution is 2.38. The van der Waals surface area contributed by atoms with E-state index in [9.17, 15) is 9.59 Å². The van der Waals surface area contributed by atoms with Crippen molar-refractivity contribution in [1.82, 2.24) is 15.0 Å². The molecule has 7 heteroatoms. The summed E-state index contributed by atoms with van der Waals surface area (Å²) in [5, 5.41) is 9.10. The van der Waals surface area contributed by atoms with Crippen LogP contribution in [0.4, 0.5) is 0 Å². The van der Waals surface area contributed by atoms with E-state index in [1.54, 1.807) is 6.92 Å². The molecule has 158 valence electrons. The third-order valence-corrected chi connectivity index (χ3v) is 7.16. The fourth-order valence-corrected chi connectivity index (χ4v) is 5.38. The number of hydrogen-bond donors (Lipinski definition) is 1. The molecule has 6 nitrogen and oxygen atoms in total. The smallest absolute Gasteiger partial charge is 0.264 e. The third-order valence-electron chi connectivity index (χ3n) is 6.85. The van der Waals surface area contributed by atoms with Gasteiger partial charge in [0.25, 0.3) is 5.56 Å². The number of benzene rings is 1. The molecular formula is C23H26ClN3O3. The number of amides is 1. The van der Waals surface area contributed by atoms with Gasteiger partial charge in [-0.3, -0.25) is 9.59 Å². The molecule has 1 amide bonds. The van der Waals surface area contributed by atoms with Gasteiger partial charge in [0.2, 0.25) is 5.91 Å². The van der Waals surface area contributed by atoms with Crippen LogP contribution in [0.15, 0.2) is 27.5 Å². The van der Waals surface area contributed by atoms with Crippen molar-refractivity contribution in [2.24, 2.45) is 5.92 Å². The van der Waals surface area contributed by atoms with Gasteiger partial charge >= 0.3 is 0 Å². The highest BCUT2D eigenvalue weighted by atomic mass is 35.5. The quantitative estimate of drug-likeness (QED) is 0.642. The number of carbonyl (C=O) groups is 1. The van der Waals surface area contributed by atoms with Crippen LogP contribution in [0.25, 0.3) is 21.8 Å². The third kappa shape index (κ3) is 3.31. The van der Waals surface area contributed by atoms with Crippen LogP contribution >= 0.6 is 11.6 Å². The molecule has 1 aromatic carbocycles. The van der Waals surface area contributed by atoms with Crippen LogP contribution in [0.5, 0.6) is 0 Å². The first kappa shape index (κ1) is 19.6. The number of hydrogen-bond acceptors (Lipinski definition) is 4. The molecule has 5 rings (SSSR count). The molecule has 2 aliphatic rings. The normalized spacial score (nSPS) is 22.3. The van der Waals surface area contributed by atoms with E-state index < -0.39 is 0 Å². The first-order valence-corrected chi connectivity index (χ1v) is 11.3. The monoisotopic (exact) mass is 427 g/mol. The molecule has 2 aliphatic carbocycles. The minimum Gasteiger partial charge on any atom is -0.360 e. The van der Waals surface area contributed by atoms with Crippen molar-refractivity contribution in [2.75, 3.05) is 0 Å². The fourth-order valence-electron chi connectivity index (χ4n) is 5.12. The van der Waals surface area contributed by atoms with E-state index in [-0.39, 0.29) is 23.4 Å². The van der Waals surface area contributed by atoms with Crippen LogP contribution in [0.1, 0.15) is 63.2 Å². The predicted octanol–water partition coefficient (Wildman–Crippen LogP) is 4.89. The lowest BCUT2D eigenvalue weighted by molar-refractivity contribution is -0.123. The summed E-state index contributed by atoms with van der Waals surface area (Å²) in [4.78, 5) is 25.9. The van der Waals surface area contributed by atoms with Gasteiger partial charge in [0.1, 0.15) is 16.7 Å². The topological polar surface area (TPSA) is 77.1 Å². The fraction of sp³-hybridized carbons (Fsp3) is 0.522. The maximum absolute atomic E-state index is 13.5. The minimum atomic E-state index is -0.0805. The van der Waals surface area contributed by atoms with Crippen molar-refractivity contribution >= 4 is 39.3 Å². The van der Waals surface area contributed by atoms with Crippen LogP contribution in [-0.4, -0.2) is 21.7 Å². The maximum Gasteiger partial charge on any atom is 0.264 e. The Balaban J connectivity index is 1.51. The standard InChI is InChI=1S/C23H26ClN3O3/c1-13-20-22(26-30-13)21-17(24)9-4-10-18(21)27(23(20)29)16-8-2-5-14(11-16)12-19(28)25-15-6-3-7-15/h4,9-10,14-16H,2-3,5-8,11-12H2,1H3,(H,25,28). The summed E-state index contributed by atoms with van der Waals surface area (Å²) >= 11 is 6.52. The van der Waals surface area contributed by atoms with Gasteiger partial charge in [-0.25, -0.2) is 0 Å². The van der Waals surface area contributed by atoms with Crippen LogP contribution in [-0.2, 0) is 4.79 Å². The van der Waals surface area contributed by atoms with Crippen molar-refractivity contribution in [1.29, 1.82) is 0 Å². The Morgan fingerprint density at radius 1 is 1.23 bits per heavy atom. The zero-order chi connectivity index (χ0) is 20.8. The SMILES string of the molecule is Cc1onc2c1c(=O)n(C1CCCC(CC(=O)NC3CCC3)C1)c1cccc(Cl)c21. The van der Waals surface area contributed by atoms with Crippen molar-refractivity contribution in [3.8, 4) is 0 Å². The molecule has 0 radical (unpaired) electrons. The molecule has 1 N–H and O–H groups in total. The average molecular weight is 428 g/mol. The van der Waals surface area contributed by atoms with Gasteiger partial charge in [-0.05, 0) is 63.5 Å². The predicted molar refractivity (Wildman–Crippen MR) is 117 cm³/mol. The Morgan fingerprint density at radius 2 is 2.03 bits per heavy atom. The van der Waals surface area contributed by atoms with Crippen molar-refractivity contribution in [3.63, 3.8) is 0 Å². The molecule has 0 spiro atoms. The summed E-state index contributed by atoms with van der Waals surface area (Å²) in [6, 6.07) is 6.01. The molecule has 2 heterocycles. The largest absolute Gasteiger partial charge is 0.360 e. The number of aryl methyl sites for hydroxylation is 1. The van der Waals surface area contributed by atoms with E-state index in [1.807, 2.05) is 22.8 Å². The summed E-state index contributed by atoms with van der Waals surface area (Å²) in [6.07, 6.45) is 7.69. The summed E-state index contributed by atoms with van der Waals surface area (Å²) in [5.74, 6) is 0.943. The Labute approximate surface area is 179 Å². The molecular weight excluding hydrogens is 402 g/mol. The lowest BCUT2D eigenvalue weighted by atomic mass is 9.82. The summed E-state index contributed by atoms with van der Waals surface area (Å²) in [6.45, 7) is 1.76. The van der Waals surface area contributed by atoms with Crippen LogP contribution < -0.4 is 10.9 Å². The van der Waals surface area contributed by atoms with Crippen molar-refractivity contribution < 1.29 is 9.32 Å². The van der Waals surface area contributed by atoms with E-state index in [0.29, 0.717) is 34.1 Å². The number of fused-ring (bicyclic) bond motifs is 3. The summed E-state index contributed by atoms with van der Waals surface area (Å²) < 4.78 is 7.23. The number of carbonyl (C=O) groups excluding carboxylic acids is 1. The number of halogens is 1. The Hall–Kier alpha value is -2.34. The molecule has 2 unspecified atom stereocenters. The number of rotatable bonds is 4. The molecule has 2 aromatic heterocycles. The zero-order valence-electron chi connectivity index (χ0n) is 17.1. The Bertz CT molecular complexity index is 1180. The number of nitrogens with one attached hydrogen (secondary N) is 1. The first-order valence-electron chi connectivity index (χ1n) is 10.9. The summed E-state index contributed by atoms with van der Waals surface area (Å²) in [7, 11) is 0. The molecule has 0 bridgehead atoms. The minimum absolute atomic E-state index is 0.0346. The maximum atomic E-state index is 13.5. The second-order valence-corrected chi connectivity index (χ2v) is 9.26. The number of aromatic nitrogens is 2. The Kier molecular flexibility index (Phi) is 5.05. The molecule has 2 fully saturated rings. The van der Waals surface area contributed by atoms with E-state index >= 15 is 0 Å². The second kappa shape index (κ2) is 7.73. The summed E-state index contributed by atoms with van der Waals surface area (Å²) in [5.41, 5.74) is 1.24. The molecule has 2 atom stereocenters. The molecule has 2 saturated carbocycles. The van der Waals surface area contributed by atoms with Crippen LogP contribution in [0, 0.1) is 12.8 Å². The molecule has 0 saturated heterocycles. The highest BCUT2D eigenvalue weighted by molar-refractivity contribution is 6.37. The average Bonchev–Trinajstić information content (AvgIpc) is 3.07. The second-order valence-electron chi connectivity index (χ2n) is 8.86. The van der Waals surface area contributed by atoms with Crippen molar-refractivity contribution in [2.45, 2.75) is 70.4 Å². The van der Waals surface area contributed by atoms with Gasteiger partial charge in [0.15, 0.2) is 0 Å². The van der Waals surface area contributed by atoms with E-state index in [4.69, 9.17) is 16.1 Å². The van der Waals surface area contributed by atoms with E-state index in [0.717, 1.165) is 49.4 Å². The molecule has 30 heavy (non-hydrogen) atoms. The highest BCUT2D eigenvalue weighted by Gasteiger charge is 2.30. The van der Waals surface area contributed by atoms with Gasteiger partial charge in [-0.2, -0.15) is 0 Å². The van der Waals surface area contributed by atoms with Gasteiger partial charge in [-0.15, -0.1) is 0 Å². The molecule has 0 aliphatic heterocycles. The zero-order valence-corrected chi connectivity index (χ0v) is 17.9. The van der Waals surface area contributed by atoms with Crippen molar-refractivity contribution in [3.05, 3.63) is 39.3 Å².